The van der Waals surface area contributed by atoms with E-state index in [2.05, 4.69) is 10.5 Å². The van der Waals surface area contributed by atoms with Crippen LogP contribution in [-0.4, -0.2) is 17.7 Å². The lowest BCUT2D eigenvalue weighted by Gasteiger charge is -2.10. The van der Waals surface area contributed by atoms with Gasteiger partial charge in [-0.3, -0.25) is 4.79 Å². The zero-order chi connectivity index (χ0) is 16.8. The number of nitrogens with one attached hydrogen (secondary N) is 1. The third-order valence-corrected chi connectivity index (χ3v) is 3.36. The minimum absolute atomic E-state index is 0.143. The van der Waals surface area contributed by atoms with Crippen LogP contribution in [0, 0.1) is 6.92 Å². The highest BCUT2D eigenvalue weighted by atomic mass is 16.5. The Bertz CT molecular complexity index is 704. The van der Waals surface area contributed by atoms with Crippen LogP contribution in [0.25, 0.3) is 0 Å². The van der Waals surface area contributed by atoms with Gasteiger partial charge >= 0.3 is 0 Å². The standard InChI is InChI=1S/C19H22N2O2/c1-13(2)23-17-11-9-16(10-12-17)15(4)20-21-19(22)18-8-6-5-7-14(18)3/h5-13H,1-4H3,(H,21,22)/b20-15-. The van der Waals surface area contributed by atoms with Gasteiger partial charge in [0.05, 0.1) is 11.8 Å². The van der Waals surface area contributed by atoms with Gasteiger partial charge in [0.25, 0.3) is 5.91 Å². The lowest BCUT2D eigenvalue weighted by Crippen LogP contribution is -2.20. The fourth-order valence-corrected chi connectivity index (χ4v) is 2.13. The highest BCUT2D eigenvalue weighted by molar-refractivity contribution is 6.01. The third-order valence-electron chi connectivity index (χ3n) is 3.36. The highest BCUT2D eigenvalue weighted by Crippen LogP contribution is 2.14. The van der Waals surface area contributed by atoms with Crippen LogP contribution in [-0.2, 0) is 0 Å². The van der Waals surface area contributed by atoms with Crippen LogP contribution in [0.1, 0.15) is 42.3 Å². The molecule has 0 fully saturated rings. The van der Waals surface area contributed by atoms with Crippen molar-refractivity contribution in [2.24, 2.45) is 5.10 Å². The van der Waals surface area contributed by atoms with E-state index in [-0.39, 0.29) is 12.0 Å². The molecule has 0 aliphatic carbocycles. The van der Waals surface area contributed by atoms with Gasteiger partial charge in [-0.2, -0.15) is 5.10 Å². The second-order valence-electron chi connectivity index (χ2n) is 5.64. The molecule has 4 nitrogen and oxygen atoms in total. The number of nitrogens with zero attached hydrogens (tertiary/aromatic N) is 1. The first-order chi connectivity index (χ1) is 11.0. The van der Waals surface area contributed by atoms with E-state index in [9.17, 15) is 4.79 Å². The fourth-order valence-electron chi connectivity index (χ4n) is 2.13. The number of carbonyl (C=O) groups is 1. The minimum atomic E-state index is -0.206. The van der Waals surface area contributed by atoms with Crippen molar-refractivity contribution in [1.82, 2.24) is 5.43 Å². The molecule has 0 aromatic heterocycles. The van der Waals surface area contributed by atoms with Crippen LogP contribution in [0.5, 0.6) is 5.75 Å². The topological polar surface area (TPSA) is 50.7 Å². The molecule has 0 atom stereocenters. The van der Waals surface area contributed by atoms with Crippen LogP contribution in [0.3, 0.4) is 0 Å². The average Bonchev–Trinajstić information content (AvgIpc) is 2.53. The molecule has 1 amide bonds. The van der Waals surface area contributed by atoms with E-state index < -0.39 is 0 Å². The molecule has 0 saturated carbocycles. The number of ether oxygens (including phenoxy) is 1. The summed E-state index contributed by atoms with van der Waals surface area (Å²) in [6, 6.07) is 15.1. The molecule has 23 heavy (non-hydrogen) atoms. The predicted molar refractivity (Wildman–Crippen MR) is 93.1 cm³/mol. The number of hydrogen-bond acceptors (Lipinski definition) is 3. The molecular weight excluding hydrogens is 288 g/mol. The van der Waals surface area contributed by atoms with Gasteiger partial charge in [0.15, 0.2) is 0 Å². The van der Waals surface area contributed by atoms with Crippen LogP contribution < -0.4 is 10.2 Å². The van der Waals surface area contributed by atoms with Crippen molar-refractivity contribution in [3.8, 4) is 5.75 Å². The van der Waals surface area contributed by atoms with Crippen molar-refractivity contribution in [3.05, 3.63) is 65.2 Å². The average molecular weight is 310 g/mol. The van der Waals surface area contributed by atoms with Crippen molar-refractivity contribution in [3.63, 3.8) is 0 Å². The molecule has 0 heterocycles. The van der Waals surface area contributed by atoms with Crippen LogP contribution in [0.4, 0.5) is 0 Å². The molecule has 2 aromatic rings. The second kappa shape index (κ2) is 7.58. The van der Waals surface area contributed by atoms with E-state index in [0.717, 1.165) is 22.6 Å². The zero-order valence-corrected chi connectivity index (χ0v) is 14.0. The van der Waals surface area contributed by atoms with E-state index >= 15 is 0 Å². The Morgan fingerprint density at radius 1 is 1.09 bits per heavy atom. The fraction of sp³-hybridized carbons (Fsp3) is 0.263. The molecule has 2 rings (SSSR count). The Kier molecular flexibility index (Phi) is 5.52. The Hall–Kier alpha value is -2.62. The lowest BCUT2D eigenvalue weighted by atomic mass is 10.1. The largest absolute Gasteiger partial charge is 0.491 e. The number of amides is 1. The lowest BCUT2D eigenvalue weighted by molar-refractivity contribution is 0.0954. The van der Waals surface area contributed by atoms with Gasteiger partial charge in [0.1, 0.15) is 5.75 Å². The smallest absolute Gasteiger partial charge is 0.271 e. The van der Waals surface area contributed by atoms with E-state index in [1.165, 1.54) is 0 Å². The summed E-state index contributed by atoms with van der Waals surface area (Å²) >= 11 is 0. The Balaban J connectivity index is 2.05. The first-order valence-corrected chi connectivity index (χ1v) is 7.64. The molecule has 2 aromatic carbocycles. The summed E-state index contributed by atoms with van der Waals surface area (Å²) in [4.78, 5) is 12.1. The van der Waals surface area contributed by atoms with E-state index in [1.807, 2.05) is 70.2 Å². The molecule has 0 radical (unpaired) electrons. The normalized spacial score (nSPS) is 11.4. The van der Waals surface area contributed by atoms with E-state index in [0.29, 0.717) is 5.56 Å². The molecular formula is C19H22N2O2. The summed E-state index contributed by atoms with van der Waals surface area (Å²) in [6.45, 7) is 7.73. The number of benzene rings is 2. The molecule has 4 heteroatoms. The van der Waals surface area contributed by atoms with E-state index in [4.69, 9.17) is 4.74 Å². The summed E-state index contributed by atoms with van der Waals surface area (Å²) < 4.78 is 5.61. The highest BCUT2D eigenvalue weighted by Gasteiger charge is 2.07. The zero-order valence-electron chi connectivity index (χ0n) is 14.0. The van der Waals surface area contributed by atoms with Crippen molar-refractivity contribution >= 4 is 11.6 Å². The summed E-state index contributed by atoms with van der Waals surface area (Å²) in [5.41, 5.74) is 5.83. The monoisotopic (exact) mass is 310 g/mol. The van der Waals surface area contributed by atoms with Gasteiger partial charge < -0.3 is 4.74 Å². The molecule has 1 N–H and O–H groups in total. The van der Waals surface area contributed by atoms with Gasteiger partial charge in [-0.1, -0.05) is 18.2 Å². The minimum Gasteiger partial charge on any atom is -0.491 e. The molecule has 0 aliphatic rings. The number of aryl methyl sites for hydroxylation is 1. The van der Waals surface area contributed by atoms with Crippen LogP contribution in [0.15, 0.2) is 53.6 Å². The SMILES string of the molecule is C/C(=N/NC(=O)c1ccccc1C)c1ccc(OC(C)C)cc1. The first-order valence-electron chi connectivity index (χ1n) is 7.64. The van der Waals surface area contributed by atoms with Gasteiger partial charge in [0, 0.05) is 5.56 Å². The summed E-state index contributed by atoms with van der Waals surface area (Å²) in [7, 11) is 0. The van der Waals surface area contributed by atoms with Crippen LogP contribution >= 0.6 is 0 Å². The van der Waals surface area contributed by atoms with Gasteiger partial charge in [-0.05, 0) is 69.2 Å². The number of carbonyl (C=O) groups excluding carboxylic acids is 1. The molecule has 120 valence electrons. The Morgan fingerprint density at radius 2 is 1.74 bits per heavy atom. The van der Waals surface area contributed by atoms with Crippen LogP contribution in [0.2, 0.25) is 0 Å². The molecule has 0 spiro atoms. The summed E-state index contributed by atoms with van der Waals surface area (Å²) in [5, 5.41) is 4.18. The summed E-state index contributed by atoms with van der Waals surface area (Å²) in [6.07, 6.45) is 0.143. The third kappa shape index (κ3) is 4.68. The van der Waals surface area contributed by atoms with Crippen molar-refractivity contribution in [2.75, 3.05) is 0 Å². The van der Waals surface area contributed by atoms with Gasteiger partial charge in [-0.25, -0.2) is 5.43 Å². The second-order valence-corrected chi connectivity index (χ2v) is 5.64. The van der Waals surface area contributed by atoms with Gasteiger partial charge in [-0.15, -0.1) is 0 Å². The van der Waals surface area contributed by atoms with Crippen molar-refractivity contribution in [2.45, 2.75) is 33.8 Å². The van der Waals surface area contributed by atoms with Crippen molar-refractivity contribution < 1.29 is 9.53 Å². The van der Waals surface area contributed by atoms with E-state index in [1.54, 1.807) is 6.07 Å². The Morgan fingerprint density at radius 3 is 2.35 bits per heavy atom. The van der Waals surface area contributed by atoms with Crippen molar-refractivity contribution in [1.29, 1.82) is 0 Å². The number of rotatable bonds is 5. The maximum atomic E-state index is 12.1. The first kappa shape index (κ1) is 16.7. The molecule has 0 unspecified atom stereocenters. The molecule has 0 aliphatic heterocycles. The maximum absolute atomic E-state index is 12.1. The molecule has 0 saturated heterocycles. The molecule has 0 bridgehead atoms. The maximum Gasteiger partial charge on any atom is 0.271 e. The Labute approximate surface area is 137 Å². The predicted octanol–water partition coefficient (Wildman–Crippen LogP) is 3.94. The quantitative estimate of drug-likeness (QED) is 0.672. The number of hydrogen-bond donors (Lipinski definition) is 1. The number of hydrazone groups is 1. The summed E-state index contributed by atoms with van der Waals surface area (Å²) in [5.74, 6) is 0.614. The van der Waals surface area contributed by atoms with Gasteiger partial charge in [0.2, 0.25) is 0 Å².